The Morgan fingerprint density at radius 1 is 1.31 bits per heavy atom. The lowest BCUT2D eigenvalue weighted by Gasteiger charge is -2.00. The molecular formula is C9H8BNO2. The molecule has 0 amide bonds. The number of aromatic nitrogens is 1. The van der Waals surface area contributed by atoms with E-state index < -0.39 is 49.0 Å². The van der Waals surface area contributed by atoms with Gasteiger partial charge in [-0.2, -0.15) is 0 Å². The van der Waals surface area contributed by atoms with E-state index in [1.54, 1.807) is 0 Å². The molecule has 2 rings (SSSR count). The fourth-order valence-corrected chi connectivity index (χ4v) is 0.892. The van der Waals surface area contributed by atoms with Crippen molar-refractivity contribution in [2.45, 2.75) is 0 Å². The Kier molecular flexibility index (Phi) is 0.919. The lowest BCUT2D eigenvalue weighted by atomic mass is 9.80. The van der Waals surface area contributed by atoms with Gasteiger partial charge >= 0.3 is 7.12 Å². The average molecular weight is 179 g/mol. The Labute approximate surface area is 84.2 Å². The van der Waals surface area contributed by atoms with Gasteiger partial charge in [-0.3, -0.25) is 4.98 Å². The van der Waals surface area contributed by atoms with Crippen LogP contribution >= 0.6 is 0 Å². The van der Waals surface area contributed by atoms with Gasteiger partial charge in [-0.25, -0.2) is 0 Å². The van der Waals surface area contributed by atoms with Crippen LogP contribution in [0, 0.1) is 0 Å². The third kappa shape index (κ3) is 1.54. The first-order valence-electron chi connectivity index (χ1n) is 6.50. The summed E-state index contributed by atoms with van der Waals surface area (Å²) in [6.45, 7) is 0. The second-order valence-corrected chi connectivity index (χ2v) is 2.36. The molecule has 0 atom stereocenters. The van der Waals surface area contributed by atoms with Gasteiger partial charge in [-0.05, 0) is 22.9 Å². The smallest absolute Gasteiger partial charge is 0.423 e. The van der Waals surface area contributed by atoms with Gasteiger partial charge in [0.25, 0.3) is 0 Å². The molecule has 0 fully saturated rings. The van der Waals surface area contributed by atoms with Crippen LogP contribution in [0.1, 0.15) is 8.22 Å². The van der Waals surface area contributed by atoms with E-state index in [0.29, 0.717) is 0 Å². The zero-order valence-corrected chi connectivity index (χ0v) is 6.42. The maximum absolute atomic E-state index is 9.15. The quantitative estimate of drug-likeness (QED) is 0.601. The summed E-state index contributed by atoms with van der Waals surface area (Å²) in [6, 6.07) is -2.63. The highest BCUT2D eigenvalue weighted by Gasteiger charge is 2.10. The number of hydrogen-bond acceptors (Lipinski definition) is 3. The lowest BCUT2D eigenvalue weighted by Crippen LogP contribution is -2.29. The van der Waals surface area contributed by atoms with E-state index in [2.05, 4.69) is 4.98 Å². The first kappa shape index (κ1) is 3.78. The first-order valence-corrected chi connectivity index (χ1v) is 3.50. The van der Waals surface area contributed by atoms with Crippen molar-refractivity contribution in [1.82, 2.24) is 4.98 Å². The van der Waals surface area contributed by atoms with Crippen molar-refractivity contribution < 1.29 is 18.3 Å². The van der Waals surface area contributed by atoms with Gasteiger partial charge in [-0.1, -0.05) is 18.1 Å². The molecule has 0 spiro atoms. The van der Waals surface area contributed by atoms with Crippen LogP contribution < -0.4 is 5.46 Å². The number of benzene rings is 1. The Bertz CT molecular complexity index is 693. The second kappa shape index (κ2) is 3.16. The minimum absolute atomic E-state index is 0.231. The summed E-state index contributed by atoms with van der Waals surface area (Å²) in [5.41, 5.74) is -0.740. The summed E-state index contributed by atoms with van der Waals surface area (Å²) >= 11 is 0. The minimum Gasteiger partial charge on any atom is -0.423 e. The van der Waals surface area contributed by atoms with E-state index in [1.807, 2.05) is 0 Å². The van der Waals surface area contributed by atoms with E-state index in [-0.39, 0.29) is 10.9 Å². The summed E-state index contributed by atoms with van der Waals surface area (Å²) in [7, 11) is -2.13. The van der Waals surface area contributed by atoms with Gasteiger partial charge in [-0.15, -0.1) is 0 Å². The fourth-order valence-electron chi connectivity index (χ4n) is 0.892. The van der Waals surface area contributed by atoms with Crippen LogP contribution in [0.5, 0.6) is 0 Å². The van der Waals surface area contributed by atoms with Crippen molar-refractivity contribution in [1.29, 1.82) is 0 Å². The topological polar surface area (TPSA) is 53.4 Å². The highest BCUT2D eigenvalue weighted by molar-refractivity contribution is 6.58. The van der Waals surface area contributed by atoms with Gasteiger partial charge < -0.3 is 10.0 Å². The van der Waals surface area contributed by atoms with Gasteiger partial charge in [0.15, 0.2) is 0 Å². The maximum Gasteiger partial charge on any atom is 0.488 e. The average Bonchev–Trinajstić information content (AvgIpc) is 2.32. The number of fused-ring (bicyclic) bond motifs is 1. The van der Waals surface area contributed by atoms with E-state index in [4.69, 9.17) is 18.3 Å². The lowest BCUT2D eigenvalue weighted by molar-refractivity contribution is 0.426. The number of hydrogen-bond donors (Lipinski definition) is 2. The molecule has 1 aromatic heterocycles. The molecule has 0 saturated heterocycles. The monoisotopic (exact) mass is 179 g/mol. The summed E-state index contributed by atoms with van der Waals surface area (Å²) in [5.74, 6) is 0. The Morgan fingerprint density at radius 2 is 2.15 bits per heavy atom. The Hall–Kier alpha value is -1.39. The molecule has 64 valence electrons. The molecule has 1 heterocycles. The zero-order valence-electron chi connectivity index (χ0n) is 12.4. The van der Waals surface area contributed by atoms with Crippen molar-refractivity contribution in [3.63, 3.8) is 0 Å². The molecule has 0 aliphatic rings. The largest absolute Gasteiger partial charge is 0.488 e. The third-order valence-electron chi connectivity index (χ3n) is 1.48. The maximum atomic E-state index is 9.15. The number of nitrogens with zero attached hydrogens (tertiary/aromatic N) is 1. The van der Waals surface area contributed by atoms with Gasteiger partial charge in [0.05, 0.1) is 13.7 Å². The highest BCUT2D eigenvalue weighted by atomic mass is 16.4. The molecule has 13 heavy (non-hydrogen) atoms. The van der Waals surface area contributed by atoms with Crippen LogP contribution in [0.25, 0.3) is 10.9 Å². The van der Waals surface area contributed by atoms with Gasteiger partial charge in [0.1, 0.15) is 0 Å². The molecule has 1 aromatic carbocycles. The summed E-state index contributed by atoms with van der Waals surface area (Å²) in [4.78, 5) is 3.63. The molecule has 2 aromatic rings. The van der Waals surface area contributed by atoms with Crippen LogP contribution in [0.3, 0.4) is 0 Å². The predicted molar refractivity (Wildman–Crippen MR) is 51.6 cm³/mol. The van der Waals surface area contributed by atoms with E-state index in [1.165, 1.54) is 0 Å². The highest BCUT2D eigenvalue weighted by Crippen LogP contribution is 2.07. The van der Waals surface area contributed by atoms with Gasteiger partial charge in [0.2, 0.25) is 0 Å². The SMILES string of the molecule is [2H]c1nc2c([2H])c([2H])c(B(O)O)c([2H])c2c([2H])c1[2H]. The standard InChI is InChI=1S/C9H8BNO2/c12-10(13)8-3-4-9-7(6-8)2-1-5-11-9/h1-6,12-13H/i1D,2D,3D,4D,5D,6D. The molecule has 0 aliphatic carbocycles. The summed E-state index contributed by atoms with van der Waals surface area (Å²) in [6.07, 6.45) is -0.526. The van der Waals surface area contributed by atoms with Crippen molar-refractivity contribution in [2.75, 3.05) is 0 Å². The molecule has 3 nitrogen and oxygen atoms in total. The van der Waals surface area contributed by atoms with E-state index >= 15 is 0 Å². The fraction of sp³-hybridized carbons (Fsp3) is 0. The molecular weight excluding hydrogens is 165 g/mol. The molecule has 2 N–H and O–H groups in total. The van der Waals surface area contributed by atoms with Crippen LogP contribution in [0.4, 0.5) is 0 Å². The van der Waals surface area contributed by atoms with E-state index in [0.717, 1.165) is 0 Å². The number of rotatable bonds is 1. The number of pyridine rings is 1. The second-order valence-electron chi connectivity index (χ2n) is 2.36. The summed E-state index contributed by atoms with van der Waals surface area (Å²) in [5, 5.41) is 18.1. The molecule has 0 aliphatic heterocycles. The zero-order chi connectivity index (χ0) is 14.5. The third-order valence-corrected chi connectivity index (χ3v) is 1.48. The molecule has 4 heteroatoms. The van der Waals surface area contributed by atoms with Crippen LogP contribution in [-0.2, 0) is 0 Å². The van der Waals surface area contributed by atoms with Crippen molar-refractivity contribution >= 4 is 23.5 Å². The molecule has 0 unspecified atom stereocenters. The van der Waals surface area contributed by atoms with Crippen molar-refractivity contribution in [2.24, 2.45) is 0 Å². The minimum atomic E-state index is -2.13. The van der Waals surface area contributed by atoms with Gasteiger partial charge in [0, 0.05) is 6.17 Å². The molecule has 0 saturated carbocycles. The molecule has 0 radical (unpaired) electrons. The summed E-state index contributed by atoms with van der Waals surface area (Å²) < 4.78 is 45.7. The van der Waals surface area contributed by atoms with Crippen LogP contribution in [-0.4, -0.2) is 22.2 Å². The van der Waals surface area contributed by atoms with Crippen molar-refractivity contribution in [3.05, 3.63) is 36.4 Å². The van der Waals surface area contributed by atoms with Crippen molar-refractivity contribution in [3.8, 4) is 0 Å². The van der Waals surface area contributed by atoms with Crippen LogP contribution in [0.2, 0.25) is 0 Å². The Balaban J connectivity index is 3.08. The Morgan fingerprint density at radius 3 is 2.92 bits per heavy atom. The molecule has 0 bridgehead atoms. The first-order chi connectivity index (χ1) is 8.77. The predicted octanol–water partition coefficient (Wildman–Crippen LogP) is -0.0854. The van der Waals surface area contributed by atoms with E-state index in [9.17, 15) is 0 Å². The normalized spacial score (nSPS) is 16.8. The van der Waals surface area contributed by atoms with Crippen LogP contribution in [0.15, 0.2) is 36.4 Å².